The number of nitrogens with zero attached hydrogens (tertiary/aromatic N) is 3. The Bertz CT molecular complexity index is 1120. The minimum absolute atomic E-state index is 0.227. The molecule has 0 aliphatic carbocycles. The van der Waals surface area contributed by atoms with E-state index in [1.165, 1.54) is 17.7 Å². The molecule has 2 fully saturated rings. The van der Waals surface area contributed by atoms with Gasteiger partial charge in [-0.3, -0.25) is 14.7 Å². The van der Waals surface area contributed by atoms with Crippen LogP contribution in [0.2, 0.25) is 0 Å². The predicted octanol–water partition coefficient (Wildman–Crippen LogP) is 4.11. The maximum Gasteiger partial charge on any atom is 0.490 e. The number of likely N-dealkylation sites (tertiary alicyclic amines) is 2. The van der Waals surface area contributed by atoms with Crippen LogP contribution >= 0.6 is 0 Å². The smallest absolute Gasteiger partial charge is 0.475 e. The molecule has 1 unspecified atom stereocenters. The fourth-order valence-corrected chi connectivity index (χ4v) is 4.12. The number of aliphatic carboxylic acids is 2. The summed E-state index contributed by atoms with van der Waals surface area (Å²) in [7, 11) is 0. The summed E-state index contributed by atoms with van der Waals surface area (Å²) in [6.07, 6.45) is -4.70. The molecule has 214 valence electrons. The monoisotopic (exact) mass is 567 g/mol. The SMILES string of the molecule is O=C(O)C(F)(F)F.O=C(O)C(F)(F)F.O=C1N(Cc2cccc(F)c2)CCC12CCN(Cc1cccnc1)C2. The number of hydrogen-bond acceptors (Lipinski definition) is 5. The lowest BCUT2D eigenvalue weighted by atomic mass is 9.85. The second kappa shape index (κ2) is 12.9. The van der Waals surface area contributed by atoms with Crippen molar-refractivity contribution in [1.82, 2.24) is 14.8 Å². The van der Waals surface area contributed by atoms with Gasteiger partial charge in [0.15, 0.2) is 0 Å². The highest BCUT2D eigenvalue weighted by Crippen LogP contribution is 2.41. The Balaban J connectivity index is 0.000000317. The average molecular weight is 567 g/mol. The number of rotatable bonds is 4. The molecule has 1 aromatic carbocycles. The van der Waals surface area contributed by atoms with Crippen LogP contribution in [-0.4, -0.2) is 74.8 Å². The third kappa shape index (κ3) is 9.50. The van der Waals surface area contributed by atoms with Gasteiger partial charge in [0.2, 0.25) is 5.91 Å². The summed E-state index contributed by atoms with van der Waals surface area (Å²) in [6.45, 7) is 3.85. The van der Waals surface area contributed by atoms with Crippen molar-refractivity contribution in [3.05, 3.63) is 65.7 Å². The minimum Gasteiger partial charge on any atom is -0.475 e. The number of carboxylic acid groups (broad SMARTS) is 2. The van der Waals surface area contributed by atoms with Crippen LogP contribution in [0, 0.1) is 11.2 Å². The highest BCUT2D eigenvalue weighted by atomic mass is 19.4. The molecule has 2 N–H and O–H groups in total. The molecule has 15 heteroatoms. The first kappa shape index (κ1) is 31.5. The van der Waals surface area contributed by atoms with E-state index in [9.17, 15) is 35.5 Å². The number of benzene rings is 1. The highest BCUT2D eigenvalue weighted by Gasteiger charge is 2.50. The number of carbonyl (C=O) groups excluding carboxylic acids is 1. The van der Waals surface area contributed by atoms with E-state index >= 15 is 0 Å². The third-order valence-electron chi connectivity index (χ3n) is 5.91. The number of halogens is 7. The number of pyridine rings is 1. The van der Waals surface area contributed by atoms with Crippen LogP contribution in [0.5, 0.6) is 0 Å². The summed E-state index contributed by atoms with van der Waals surface area (Å²) in [5.74, 6) is -5.53. The molecule has 39 heavy (non-hydrogen) atoms. The van der Waals surface area contributed by atoms with E-state index in [0.717, 1.165) is 44.6 Å². The second-order valence-corrected chi connectivity index (χ2v) is 8.81. The molecule has 4 rings (SSSR count). The Labute approximate surface area is 217 Å². The maximum atomic E-state index is 13.4. The van der Waals surface area contributed by atoms with Crippen molar-refractivity contribution < 1.29 is 55.3 Å². The molecule has 1 atom stereocenters. The Morgan fingerprint density at radius 3 is 1.97 bits per heavy atom. The molecule has 2 aromatic rings. The first-order valence-corrected chi connectivity index (χ1v) is 11.3. The van der Waals surface area contributed by atoms with Crippen LogP contribution in [0.3, 0.4) is 0 Å². The Morgan fingerprint density at radius 2 is 1.46 bits per heavy atom. The van der Waals surface area contributed by atoms with Gasteiger partial charge in [-0.1, -0.05) is 18.2 Å². The zero-order valence-corrected chi connectivity index (χ0v) is 20.2. The number of hydrogen-bond donors (Lipinski definition) is 2. The first-order valence-electron chi connectivity index (χ1n) is 11.3. The molecule has 2 aliphatic heterocycles. The van der Waals surface area contributed by atoms with E-state index in [0.29, 0.717) is 6.54 Å². The zero-order valence-electron chi connectivity index (χ0n) is 20.2. The van der Waals surface area contributed by atoms with Gasteiger partial charge < -0.3 is 15.1 Å². The number of carboxylic acids is 2. The summed E-state index contributed by atoms with van der Waals surface area (Å²) in [5.41, 5.74) is 1.78. The van der Waals surface area contributed by atoms with Crippen molar-refractivity contribution in [2.75, 3.05) is 19.6 Å². The quantitative estimate of drug-likeness (QED) is 0.535. The number of alkyl halides is 6. The number of amides is 1. The summed E-state index contributed by atoms with van der Waals surface area (Å²) in [5, 5.41) is 14.2. The summed E-state index contributed by atoms with van der Waals surface area (Å²) < 4.78 is 76.8. The van der Waals surface area contributed by atoms with Crippen molar-refractivity contribution >= 4 is 17.8 Å². The fourth-order valence-electron chi connectivity index (χ4n) is 4.12. The van der Waals surface area contributed by atoms with E-state index in [-0.39, 0.29) is 17.1 Å². The van der Waals surface area contributed by atoms with E-state index in [4.69, 9.17) is 19.8 Å². The van der Waals surface area contributed by atoms with Gasteiger partial charge in [-0.2, -0.15) is 26.3 Å². The Morgan fingerprint density at radius 1 is 0.897 bits per heavy atom. The highest BCUT2D eigenvalue weighted by molar-refractivity contribution is 5.85. The molecule has 2 aliphatic rings. The van der Waals surface area contributed by atoms with Crippen LogP contribution in [-0.2, 0) is 27.5 Å². The fraction of sp³-hybridized carbons (Fsp3) is 0.417. The molecule has 1 spiro atoms. The lowest BCUT2D eigenvalue weighted by Gasteiger charge is -2.24. The minimum atomic E-state index is -5.08. The largest absolute Gasteiger partial charge is 0.490 e. The third-order valence-corrected chi connectivity index (χ3v) is 5.91. The number of carbonyl (C=O) groups is 3. The maximum absolute atomic E-state index is 13.4. The van der Waals surface area contributed by atoms with Crippen LogP contribution in [0.15, 0.2) is 48.8 Å². The molecule has 3 heterocycles. The summed E-state index contributed by atoms with van der Waals surface area (Å²) >= 11 is 0. The average Bonchev–Trinajstić information content (AvgIpc) is 3.38. The molecule has 0 saturated carbocycles. The molecule has 0 bridgehead atoms. The standard InChI is InChI=1S/C20H22FN3O.2C2HF3O2/c21-18-5-1-3-16(11-18)14-24-10-7-20(19(24)25)6-9-23(15-20)13-17-4-2-8-22-12-17;2*3-2(4,5)1(6)7/h1-5,8,11-12H,6-7,9-10,13-15H2;2*(H,6,7). The zero-order chi connectivity index (χ0) is 29.4. The van der Waals surface area contributed by atoms with Gasteiger partial charge in [-0.05, 0) is 48.7 Å². The van der Waals surface area contributed by atoms with Gasteiger partial charge >= 0.3 is 24.3 Å². The molecular formula is C24H24F7N3O5. The molecule has 8 nitrogen and oxygen atoms in total. The van der Waals surface area contributed by atoms with Gasteiger partial charge in [0.25, 0.3) is 0 Å². The van der Waals surface area contributed by atoms with Crippen LogP contribution < -0.4 is 0 Å². The topological polar surface area (TPSA) is 111 Å². The van der Waals surface area contributed by atoms with Crippen LogP contribution in [0.25, 0.3) is 0 Å². The molecule has 1 amide bonds. The lowest BCUT2D eigenvalue weighted by Crippen LogP contribution is -2.36. The van der Waals surface area contributed by atoms with E-state index < -0.39 is 24.3 Å². The van der Waals surface area contributed by atoms with Crippen molar-refractivity contribution in [2.45, 2.75) is 38.3 Å². The summed E-state index contributed by atoms with van der Waals surface area (Å²) in [4.78, 5) is 39.2. The summed E-state index contributed by atoms with van der Waals surface area (Å²) in [6, 6.07) is 10.6. The molecular weight excluding hydrogens is 543 g/mol. The van der Waals surface area contributed by atoms with Crippen LogP contribution in [0.1, 0.15) is 24.0 Å². The van der Waals surface area contributed by atoms with Gasteiger partial charge in [-0.25, -0.2) is 14.0 Å². The van der Waals surface area contributed by atoms with Gasteiger partial charge in [0.05, 0.1) is 5.41 Å². The molecule has 2 saturated heterocycles. The Hall–Kier alpha value is -3.75. The Kier molecular flexibility index (Phi) is 10.4. The van der Waals surface area contributed by atoms with Crippen molar-refractivity contribution in [3.8, 4) is 0 Å². The predicted molar refractivity (Wildman–Crippen MR) is 120 cm³/mol. The van der Waals surface area contributed by atoms with E-state index in [2.05, 4.69) is 16.0 Å². The van der Waals surface area contributed by atoms with Gasteiger partial charge in [-0.15, -0.1) is 0 Å². The van der Waals surface area contributed by atoms with Gasteiger partial charge in [0.1, 0.15) is 5.82 Å². The lowest BCUT2D eigenvalue weighted by molar-refractivity contribution is -0.193. The molecule has 0 radical (unpaired) electrons. The number of aromatic nitrogens is 1. The van der Waals surface area contributed by atoms with Crippen molar-refractivity contribution in [3.63, 3.8) is 0 Å². The van der Waals surface area contributed by atoms with Crippen molar-refractivity contribution in [2.24, 2.45) is 5.41 Å². The normalized spacial score (nSPS) is 19.3. The van der Waals surface area contributed by atoms with E-state index in [1.807, 2.05) is 23.2 Å². The molecule has 1 aromatic heterocycles. The van der Waals surface area contributed by atoms with Gasteiger partial charge in [0, 0.05) is 38.6 Å². The van der Waals surface area contributed by atoms with Crippen LogP contribution in [0.4, 0.5) is 30.7 Å². The second-order valence-electron chi connectivity index (χ2n) is 8.81. The first-order chi connectivity index (χ1) is 18.0. The van der Waals surface area contributed by atoms with E-state index in [1.54, 1.807) is 12.3 Å². The van der Waals surface area contributed by atoms with Crippen molar-refractivity contribution in [1.29, 1.82) is 0 Å².